The third-order valence-corrected chi connectivity index (χ3v) is 4.36. The number of nitrogens with one attached hydrogen (secondary N) is 1. The zero-order chi connectivity index (χ0) is 15.3. The highest BCUT2D eigenvalue weighted by Crippen LogP contribution is 2.16. The van der Waals surface area contributed by atoms with Crippen LogP contribution in [-0.4, -0.2) is 42.9 Å². The molecule has 8 nitrogen and oxygen atoms in total. The number of hydrogen-bond donors (Lipinski definition) is 1. The number of carbonyl (C=O) groups excluding carboxylic acids is 1. The molecule has 20 heavy (non-hydrogen) atoms. The quantitative estimate of drug-likeness (QED) is 0.617. The molecule has 0 saturated heterocycles. The van der Waals surface area contributed by atoms with Crippen LogP contribution in [0.4, 0.5) is 11.4 Å². The molecule has 0 spiro atoms. The fourth-order valence-corrected chi connectivity index (χ4v) is 2.17. The van der Waals surface area contributed by atoms with Crippen LogP contribution in [-0.2, 0) is 14.8 Å². The van der Waals surface area contributed by atoms with Gasteiger partial charge in [0, 0.05) is 24.9 Å². The zero-order valence-corrected chi connectivity index (χ0v) is 11.9. The molecule has 0 radical (unpaired) electrons. The fraction of sp³-hybridized carbons (Fsp3) is 0.364. The molecule has 110 valence electrons. The van der Waals surface area contributed by atoms with Gasteiger partial charge in [-0.05, 0) is 13.0 Å². The Labute approximate surface area is 116 Å². The Morgan fingerprint density at radius 3 is 2.65 bits per heavy atom. The third kappa shape index (κ3) is 4.28. The van der Waals surface area contributed by atoms with Crippen molar-refractivity contribution in [2.75, 3.05) is 24.7 Å². The van der Waals surface area contributed by atoms with Crippen molar-refractivity contribution >= 4 is 27.3 Å². The molecule has 0 saturated carbocycles. The Morgan fingerprint density at radius 1 is 1.45 bits per heavy atom. The topological polar surface area (TPSA) is 110 Å². The molecule has 0 fully saturated rings. The average molecular weight is 301 g/mol. The molecule has 0 atom stereocenters. The van der Waals surface area contributed by atoms with E-state index < -0.39 is 20.9 Å². The highest BCUT2D eigenvalue weighted by atomic mass is 32.2. The van der Waals surface area contributed by atoms with Crippen LogP contribution < -0.4 is 5.32 Å². The van der Waals surface area contributed by atoms with E-state index in [2.05, 4.69) is 5.32 Å². The second kappa shape index (κ2) is 6.44. The van der Waals surface area contributed by atoms with Gasteiger partial charge in [0.05, 0.1) is 17.2 Å². The van der Waals surface area contributed by atoms with Crippen molar-refractivity contribution in [2.24, 2.45) is 0 Å². The SMILES string of the molecule is CCS(=O)(=O)N(C)CC(=O)Nc1cccc([N+](=O)[O-])c1. The number of amides is 1. The summed E-state index contributed by atoms with van der Waals surface area (Å²) in [5.74, 6) is -0.668. The minimum absolute atomic E-state index is 0.104. The van der Waals surface area contributed by atoms with E-state index in [1.165, 1.54) is 38.2 Å². The number of nitro benzene ring substituents is 1. The van der Waals surface area contributed by atoms with Gasteiger partial charge in [0.15, 0.2) is 0 Å². The molecule has 9 heteroatoms. The van der Waals surface area contributed by atoms with E-state index in [-0.39, 0.29) is 23.7 Å². The molecule has 1 amide bonds. The van der Waals surface area contributed by atoms with Gasteiger partial charge in [-0.25, -0.2) is 8.42 Å². The summed E-state index contributed by atoms with van der Waals surface area (Å²) in [5.41, 5.74) is 0.0869. The molecule has 0 aliphatic rings. The van der Waals surface area contributed by atoms with E-state index in [4.69, 9.17) is 0 Å². The van der Waals surface area contributed by atoms with E-state index in [1.54, 1.807) is 0 Å². The van der Waals surface area contributed by atoms with Crippen molar-refractivity contribution < 1.29 is 18.1 Å². The number of nitro groups is 1. The van der Waals surface area contributed by atoms with Gasteiger partial charge in [0.2, 0.25) is 15.9 Å². The van der Waals surface area contributed by atoms with E-state index >= 15 is 0 Å². The van der Waals surface area contributed by atoms with Crippen molar-refractivity contribution in [3.05, 3.63) is 34.4 Å². The van der Waals surface area contributed by atoms with Crippen molar-refractivity contribution in [3.63, 3.8) is 0 Å². The normalized spacial score (nSPS) is 11.3. The van der Waals surface area contributed by atoms with Gasteiger partial charge < -0.3 is 5.32 Å². The standard InChI is InChI=1S/C11H15N3O5S/c1-3-20(18,19)13(2)8-11(15)12-9-5-4-6-10(7-9)14(16)17/h4-7H,3,8H2,1-2H3,(H,12,15). The summed E-state index contributed by atoms with van der Waals surface area (Å²) < 4.78 is 23.9. The maximum atomic E-state index is 11.7. The first-order valence-corrected chi connectivity index (χ1v) is 7.35. The molecule has 1 aromatic carbocycles. The molecule has 1 aromatic rings. The van der Waals surface area contributed by atoms with Gasteiger partial charge in [-0.15, -0.1) is 0 Å². The number of non-ortho nitro benzene ring substituents is 1. The predicted molar refractivity (Wildman–Crippen MR) is 73.8 cm³/mol. The number of rotatable bonds is 6. The molecule has 0 aliphatic carbocycles. The first-order valence-electron chi connectivity index (χ1n) is 5.74. The second-order valence-corrected chi connectivity index (χ2v) is 6.38. The summed E-state index contributed by atoms with van der Waals surface area (Å²) in [6.07, 6.45) is 0. The Morgan fingerprint density at radius 2 is 2.10 bits per heavy atom. The summed E-state index contributed by atoms with van der Waals surface area (Å²) in [4.78, 5) is 21.7. The molecule has 1 N–H and O–H groups in total. The first kappa shape index (κ1) is 16.1. The number of sulfonamides is 1. The van der Waals surface area contributed by atoms with Gasteiger partial charge in [-0.3, -0.25) is 14.9 Å². The van der Waals surface area contributed by atoms with Gasteiger partial charge in [0.25, 0.3) is 5.69 Å². The second-order valence-electron chi connectivity index (χ2n) is 4.01. The molecule has 0 aliphatic heterocycles. The molecule has 0 heterocycles. The Bertz CT molecular complexity index is 614. The van der Waals surface area contributed by atoms with E-state index in [9.17, 15) is 23.3 Å². The van der Waals surface area contributed by atoms with Gasteiger partial charge in [-0.1, -0.05) is 6.07 Å². The van der Waals surface area contributed by atoms with Crippen LogP contribution in [0.25, 0.3) is 0 Å². The summed E-state index contributed by atoms with van der Waals surface area (Å²) in [5, 5.41) is 13.0. The first-order chi connectivity index (χ1) is 9.26. The van der Waals surface area contributed by atoms with Crippen molar-refractivity contribution in [2.45, 2.75) is 6.92 Å². The lowest BCUT2D eigenvalue weighted by Crippen LogP contribution is -2.35. The van der Waals surface area contributed by atoms with Crippen LogP contribution in [0.15, 0.2) is 24.3 Å². The molecule has 1 rings (SSSR count). The minimum atomic E-state index is -3.44. The number of carbonyl (C=O) groups is 1. The maximum Gasteiger partial charge on any atom is 0.271 e. The van der Waals surface area contributed by atoms with Crippen LogP contribution in [0, 0.1) is 10.1 Å². The van der Waals surface area contributed by atoms with E-state index in [0.29, 0.717) is 0 Å². The van der Waals surface area contributed by atoms with Crippen LogP contribution in [0.3, 0.4) is 0 Å². The van der Waals surface area contributed by atoms with Gasteiger partial charge >= 0.3 is 0 Å². The van der Waals surface area contributed by atoms with Gasteiger partial charge in [-0.2, -0.15) is 4.31 Å². The summed E-state index contributed by atoms with van der Waals surface area (Å²) in [6.45, 7) is 1.13. The molecule has 0 aromatic heterocycles. The third-order valence-electron chi connectivity index (χ3n) is 2.55. The van der Waals surface area contributed by atoms with Gasteiger partial charge in [0.1, 0.15) is 0 Å². The Hall–Kier alpha value is -2.00. The lowest BCUT2D eigenvalue weighted by Gasteiger charge is -2.15. The minimum Gasteiger partial charge on any atom is -0.325 e. The number of nitrogens with zero attached hydrogens (tertiary/aromatic N) is 2. The fourth-order valence-electron chi connectivity index (χ4n) is 1.42. The number of likely N-dealkylation sites (N-methyl/N-ethyl adjacent to an activating group) is 1. The van der Waals surface area contributed by atoms with Crippen molar-refractivity contribution in [1.29, 1.82) is 0 Å². The van der Waals surface area contributed by atoms with E-state index in [1.807, 2.05) is 0 Å². The number of hydrogen-bond acceptors (Lipinski definition) is 5. The van der Waals surface area contributed by atoms with Crippen LogP contribution in [0.2, 0.25) is 0 Å². The Kier molecular flexibility index (Phi) is 5.17. The van der Waals surface area contributed by atoms with Crippen LogP contribution in [0.1, 0.15) is 6.92 Å². The lowest BCUT2D eigenvalue weighted by atomic mass is 10.3. The van der Waals surface area contributed by atoms with Crippen LogP contribution in [0.5, 0.6) is 0 Å². The van der Waals surface area contributed by atoms with Crippen LogP contribution >= 0.6 is 0 Å². The molecule has 0 unspecified atom stereocenters. The van der Waals surface area contributed by atoms with E-state index in [0.717, 1.165) is 4.31 Å². The number of benzene rings is 1. The molecular formula is C11H15N3O5S. The highest BCUT2D eigenvalue weighted by Gasteiger charge is 2.18. The largest absolute Gasteiger partial charge is 0.325 e. The molecule has 0 bridgehead atoms. The van der Waals surface area contributed by atoms with Crippen molar-refractivity contribution in [3.8, 4) is 0 Å². The monoisotopic (exact) mass is 301 g/mol. The predicted octanol–water partition coefficient (Wildman–Crippen LogP) is 0.815. The Balaban J connectivity index is 2.72. The van der Waals surface area contributed by atoms with Crippen molar-refractivity contribution in [1.82, 2.24) is 4.31 Å². The summed E-state index contributed by atoms with van der Waals surface area (Å²) >= 11 is 0. The smallest absolute Gasteiger partial charge is 0.271 e. The highest BCUT2D eigenvalue weighted by molar-refractivity contribution is 7.89. The number of anilines is 1. The summed E-state index contributed by atoms with van der Waals surface area (Å²) in [7, 11) is -2.15. The summed E-state index contributed by atoms with van der Waals surface area (Å²) in [6, 6.07) is 5.41. The molecular weight excluding hydrogens is 286 g/mol. The zero-order valence-electron chi connectivity index (χ0n) is 11.1. The lowest BCUT2D eigenvalue weighted by molar-refractivity contribution is -0.384. The maximum absolute atomic E-state index is 11.7. The average Bonchev–Trinajstić information content (AvgIpc) is 2.38.